The predicted molar refractivity (Wildman–Crippen MR) is 111 cm³/mol. The van der Waals surface area contributed by atoms with Gasteiger partial charge in [0.2, 0.25) is 11.9 Å². The van der Waals surface area contributed by atoms with Crippen molar-refractivity contribution in [1.82, 2.24) is 14.9 Å². The van der Waals surface area contributed by atoms with Gasteiger partial charge in [-0.3, -0.25) is 9.59 Å². The summed E-state index contributed by atoms with van der Waals surface area (Å²) in [6.45, 7) is 3.84. The fraction of sp³-hybridized carbons (Fsp3) is 0.700. The average Bonchev–Trinajstić information content (AvgIpc) is 2.70. The minimum absolute atomic E-state index is 0.109. The van der Waals surface area contributed by atoms with E-state index < -0.39 is 5.91 Å². The lowest BCUT2D eigenvalue weighted by molar-refractivity contribution is -0.129. The molecule has 1 saturated carbocycles. The molecule has 3 rings (SSSR count). The third-order valence-electron chi connectivity index (χ3n) is 5.92. The molecule has 2 aliphatic rings. The van der Waals surface area contributed by atoms with Crippen LogP contribution in [0.15, 0.2) is 6.20 Å². The van der Waals surface area contributed by atoms with Crippen LogP contribution in [0.3, 0.4) is 0 Å². The number of amides is 2. The number of likely N-dealkylation sites (tertiary alicyclic amines) is 1. The molecule has 4 N–H and O–H groups in total. The van der Waals surface area contributed by atoms with Gasteiger partial charge in [0.1, 0.15) is 5.82 Å². The van der Waals surface area contributed by atoms with E-state index >= 15 is 0 Å². The average molecular weight is 405 g/mol. The highest BCUT2D eigenvalue weighted by Gasteiger charge is 2.24. The molecule has 2 fully saturated rings. The molecule has 1 aliphatic carbocycles. The number of nitrogens with one attached hydrogen (secondary N) is 2. The molecule has 9 heteroatoms. The first-order valence-corrected chi connectivity index (χ1v) is 10.4. The normalized spacial score (nSPS) is 22.9. The zero-order valence-corrected chi connectivity index (χ0v) is 17.3. The predicted octanol–water partition coefficient (Wildman–Crippen LogP) is 1.62. The van der Waals surface area contributed by atoms with Gasteiger partial charge in [-0.1, -0.05) is 0 Å². The summed E-state index contributed by atoms with van der Waals surface area (Å²) in [5.41, 5.74) is 5.83. The Kier molecular flexibility index (Phi) is 7.24. The number of methoxy groups -OCH3 is 1. The highest BCUT2D eigenvalue weighted by molar-refractivity contribution is 5.97. The van der Waals surface area contributed by atoms with Crippen LogP contribution < -0.4 is 16.4 Å². The van der Waals surface area contributed by atoms with Crippen molar-refractivity contribution in [3.63, 3.8) is 0 Å². The van der Waals surface area contributed by atoms with E-state index in [2.05, 4.69) is 20.6 Å². The van der Waals surface area contributed by atoms with Crippen LogP contribution in [0.4, 0.5) is 11.8 Å². The Balaban J connectivity index is 1.62. The van der Waals surface area contributed by atoms with Crippen molar-refractivity contribution in [3.05, 3.63) is 11.8 Å². The molecular formula is C20H32N6O3. The van der Waals surface area contributed by atoms with Gasteiger partial charge in [0.05, 0.1) is 5.56 Å². The van der Waals surface area contributed by atoms with E-state index in [0.29, 0.717) is 23.2 Å². The van der Waals surface area contributed by atoms with Gasteiger partial charge in [0.25, 0.3) is 5.91 Å². The summed E-state index contributed by atoms with van der Waals surface area (Å²) in [6.07, 6.45) is 7.34. The number of piperidine rings is 1. The fourth-order valence-corrected chi connectivity index (χ4v) is 4.17. The van der Waals surface area contributed by atoms with E-state index in [1.807, 2.05) is 4.90 Å². The largest absolute Gasteiger partial charge is 0.384 e. The summed E-state index contributed by atoms with van der Waals surface area (Å²) in [4.78, 5) is 34.0. The van der Waals surface area contributed by atoms with Crippen LogP contribution in [0.5, 0.6) is 0 Å². The van der Waals surface area contributed by atoms with Gasteiger partial charge in [-0.25, -0.2) is 4.98 Å². The second-order valence-corrected chi connectivity index (χ2v) is 8.06. The first-order chi connectivity index (χ1) is 14.0. The van der Waals surface area contributed by atoms with Crippen molar-refractivity contribution in [2.45, 2.75) is 57.5 Å². The molecular weight excluding hydrogens is 372 g/mol. The molecule has 2 heterocycles. The molecule has 0 unspecified atom stereocenters. The van der Waals surface area contributed by atoms with Gasteiger partial charge in [-0.2, -0.15) is 4.98 Å². The van der Waals surface area contributed by atoms with Gasteiger partial charge < -0.3 is 26.0 Å². The van der Waals surface area contributed by atoms with Gasteiger partial charge in [-0.05, 0) is 44.4 Å². The van der Waals surface area contributed by atoms with Crippen molar-refractivity contribution in [1.29, 1.82) is 0 Å². The number of aromatic nitrogens is 2. The first kappa shape index (κ1) is 21.3. The summed E-state index contributed by atoms with van der Waals surface area (Å²) in [5, 5.41) is 6.75. The number of anilines is 2. The second-order valence-electron chi connectivity index (χ2n) is 8.06. The zero-order valence-electron chi connectivity index (χ0n) is 17.3. The molecule has 0 spiro atoms. The molecule has 1 saturated heterocycles. The maximum Gasteiger partial charge on any atom is 0.254 e. The van der Waals surface area contributed by atoms with Crippen LogP contribution in [-0.2, 0) is 9.53 Å². The fourth-order valence-electron chi connectivity index (χ4n) is 4.17. The Morgan fingerprint density at radius 1 is 1.14 bits per heavy atom. The highest BCUT2D eigenvalue weighted by Crippen LogP contribution is 2.27. The second kappa shape index (κ2) is 9.87. The molecule has 29 heavy (non-hydrogen) atoms. The molecule has 2 amide bonds. The van der Waals surface area contributed by atoms with Gasteiger partial charge in [-0.15, -0.1) is 0 Å². The Labute approximate surface area is 171 Å². The molecule has 1 aliphatic heterocycles. The summed E-state index contributed by atoms with van der Waals surface area (Å²) in [6, 6.07) is 0.449. The number of primary amides is 1. The third kappa shape index (κ3) is 5.79. The van der Waals surface area contributed by atoms with Crippen LogP contribution in [0.2, 0.25) is 0 Å². The molecule has 0 radical (unpaired) electrons. The SMILES string of the molecule is COCC1CCC(Nc2nc(NC3CCN(C(C)=O)CC3)ncc2C(N)=O)CC1. The van der Waals surface area contributed by atoms with Crippen molar-refractivity contribution in [2.24, 2.45) is 11.7 Å². The number of hydrogen-bond acceptors (Lipinski definition) is 7. The lowest BCUT2D eigenvalue weighted by Crippen LogP contribution is -2.41. The Morgan fingerprint density at radius 2 is 1.79 bits per heavy atom. The van der Waals surface area contributed by atoms with E-state index in [1.165, 1.54) is 6.20 Å². The van der Waals surface area contributed by atoms with E-state index in [-0.39, 0.29) is 18.0 Å². The monoisotopic (exact) mass is 404 g/mol. The van der Waals surface area contributed by atoms with Crippen LogP contribution in [0, 0.1) is 5.92 Å². The number of hydrogen-bond donors (Lipinski definition) is 3. The summed E-state index contributed by atoms with van der Waals surface area (Å²) < 4.78 is 5.26. The maximum atomic E-state index is 11.8. The van der Waals surface area contributed by atoms with E-state index in [9.17, 15) is 9.59 Å². The molecule has 1 aromatic heterocycles. The molecule has 9 nitrogen and oxygen atoms in total. The van der Waals surface area contributed by atoms with Crippen LogP contribution in [-0.4, -0.2) is 65.6 Å². The van der Waals surface area contributed by atoms with Gasteiger partial charge in [0, 0.05) is 52.0 Å². The lowest BCUT2D eigenvalue weighted by Gasteiger charge is -2.32. The van der Waals surface area contributed by atoms with Gasteiger partial charge in [0.15, 0.2) is 0 Å². The molecule has 0 aromatic carbocycles. The van der Waals surface area contributed by atoms with E-state index in [4.69, 9.17) is 10.5 Å². The standard InChI is InChI=1S/C20H32N6O3/c1-13(27)26-9-7-16(8-10-26)24-20-22-11-17(18(21)28)19(25-20)23-15-5-3-14(4-6-15)12-29-2/h11,14-16H,3-10,12H2,1-2H3,(H2,21,28)(H2,22,23,24,25). The summed E-state index contributed by atoms with van der Waals surface area (Å²) >= 11 is 0. The molecule has 160 valence electrons. The number of ether oxygens (including phenoxy) is 1. The first-order valence-electron chi connectivity index (χ1n) is 10.4. The minimum atomic E-state index is -0.540. The third-order valence-corrected chi connectivity index (χ3v) is 5.92. The lowest BCUT2D eigenvalue weighted by atomic mass is 9.86. The zero-order chi connectivity index (χ0) is 20.8. The molecule has 0 atom stereocenters. The quantitative estimate of drug-likeness (QED) is 0.631. The molecule has 1 aromatic rings. The van der Waals surface area contributed by atoms with Crippen molar-refractivity contribution < 1.29 is 14.3 Å². The van der Waals surface area contributed by atoms with E-state index in [1.54, 1.807) is 14.0 Å². The van der Waals surface area contributed by atoms with Crippen molar-refractivity contribution >= 4 is 23.6 Å². The Hall–Kier alpha value is -2.42. The minimum Gasteiger partial charge on any atom is -0.384 e. The number of nitrogens with two attached hydrogens (primary N) is 1. The summed E-state index contributed by atoms with van der Waals surface area (Å²) in [5.74, 6) is 1.13. The van der Waals surface area contributed by atoms with Gasteiger partial charge >= 0.3 is 0 Å². The number of nitrogens with zero attached hydrogens (tertiary/aromatic N) is 3. The smallest absolute Gasteiger partial charge is 0.254 e. The van der Waals surface area contributed by atoms with Crippen LogP contribution >= 0.6 is 0 Å². The topological polar surface area (TPSA) is 122 Å². The molecule has 0 bridgehead atoms. The Morgan fingerprint density at radius 3 is 2.38 bits per heavy atom. The van der Waals surface area contributed by atoms with Crippen molar-refractivity contribution in [3.8, 4) is 0 Å². The number of rotatable bonds is 7. The number of carbonyl (C=O) groups is 2. The number of carbonyl (C=O) groups excluding carboxylic acids is 2. The van der Waals surface area contributed by atoms with E-state index in [0.717, 1.165) is 58.2 Å². The summed E-state index contributed by atoms with van der Waals surface area (Å²) in [7, 11) is 1.74. The highest BCUT2D eigenvalue weighted by atomic mass is 16.5. The Bertz CT molecular complexity index is 712. The maximum absolute atomic E-state index is 11.8. The van der Waals surface area contributed by atoms with Crippen molar-refractivity contribution in [2.75, 3.05) is 37.4 Å². The van der Waals surface area contributed by atoms with Crippen LogP contribution in [0.25, 0.3) is 0 Å². The van der Waals surface area contributed by atoms with Crippen LogP contribution in [0.1, 0.15) is 55.8 Å².